The first kappa shape index (κ1) is 18.7. The van der Waals surface area contributed by atoms with Crippen molar-refractivity contribution in [1.82, 2.24) is 5.32 Å². The van der Waals surface area contributed by atoms with Crippen LogP contribution < -0.4 is 5.32 Å². The summed E-state index contributed by atoms with van der Waals surface area (Å²) in [6.07, 6.45) is -3.59. The van der Waals surface area contributed by atoms with Crippen molar-refractivity contribution in [2.45, 2.75) is 38.6 Å². The number of aliphatic hydroxyl groups excluding tert-OH is 2. The summed E-state index contributed by atoms with van der Waals surface area (Å²) in [6.45, 7) is 4.74. The average Bonchev–Trinajstić information content (AvgIpc) is 2.41. The Hall–Kier alpha value is -2.39. The summed E-state index contributed by atoms with van der Waals surface area (Å²) >= 11 is 0. The number of rotatable bonds is 5. The molecule has 23 heavy (non-hydrogen) atoms. The summed E-state index contributed by atoms with van der Waals surface area (Å²) in [5.41, 5.74) is -1.13. The second-order valence-electron chi connectivity index (χ2n) is 5.90. The van der Waals surface area contributed by atoms with Crippen LogP contribution in [0.5, 0.6) is 5.75 Å². The molecule has 0 radical (unpaired) electrons. The molecule has 1 amide bonds. The van der Waals surface area contributed by atoms with E-state index in [1.807, 2.05) is 0 Å². The van der Waals surface area contributed by atoms with Gasteiger partial charge >= 0.3 is 11.8 Å². The third-order valence-electron chi connectivity index (χ3n) is 2.76. The SMILES string of the molecule is CC(C)(C)OC(=O)NCC(O)C(O)c1ccc([N+](=O)[O-])c(O)c1. The number of nitro groups is 1. The average molecular weight is 328 g/mol. The van der Waals surface area contributed by atoms with E-state index < -0.39 is 40.3 Å². The van der Waals surface area contributed by atoms with Gasteiger partial charge in [-0.25, -0.2) is 4.79 Å². The molecule has 9 nitrogen and oxygen atoms in total. The Balaban J connectivity index is 2.66. The van der Waals surface area contributed by atoms with E-state index in [-0.39, 0.29) is 12.1 Å². The fourth-order valence-corrected chi connectivity index (χ4v) is 1.71. The van der Waals surface area contributed by atoms with Crippen LogP contribution in [0, 0.1) is 10.1 Å². The molecule has 0 saturated carbocycles. The first-order chi connectivity index (χ1) is 10.5. The van der Waals surface area contributed by atoms with Crippen LogP contribution in [0.2, 0.25) is 0 Å². The number of benzene rings is 1. The molecule has 1 aromatic rings. The minimum atomic E-state index is -1.45. The van der Waals surface area contributed by atoms with Gasteiger partial charge in [0.2, 0.25) is 0 Å². The third kappa shape index (κ3) is 5.72. The smallest absolute Gasteiger partial charge is 0.407 e. The van der Waals surface area contributed by atoms with Gasteiger partial charge in [-0.2, -0.15) is 0 Å². The lowest BCUT2D eigenvalue weighted by Gasteiger charge is -2.22. The summed E-state index contributed by atoms with van der Waals surface area (Å²) in [5, 5.41) is 42.2. The topological polar surface area (TPSA) is 142 Å². The molecule has 0 spiro atoms. The number of aromatic hydroxyl groups is 1. The number of aliphatic hydroxyl groups is 2. The number of hydrogen-bond acceptors (Lipinski definition) is 7. The summed E-state index contributed by atoms with van der Waals surface area (Å²) in [6, 6.07) is 3.21. The summed E-state index contributed by atoms with van der Waals surface area (Å²) in [4.78, 5) is 21.3. The highest BCUT2D eigenvalue weighted by Gasteiger charge is 2.23. The second kappa shape index (κ2) is 7.25. The second-order valence-corrected chi connectivity index (χ2v) is 5.90. The maximum Gasteiger partial charge on any atom is 0.407 e. The number of phenols is 1. The molecule has 9 heteroatoms. The van der Waals surface area contributed by atoms with Gasteiger partial charge in [0.25, 0.3) is 0 Å². The zero-order chi connectivity index (χ0) is 17.8. The Morgan fingerprint density at radius 2 is 2.00 bits per heavy atom. The molecule has 4 N–H and O–H groups in total. The van der Waals surface area contributed by atoms with Crippen molar-refractivity contribution in [1.29, 1.82) is 0 Å². The van der Waals surface area contributed by atoms with Gasteiger partial charge in [0, 0.05) is 12.6 Å². The maximum absolute atomic E-state index is 11.5. The fourth-order valence-electron chi connectivity index (χ4n) is 1.71. The largest absolute Gasteiger partial charge is 0.502 e. The van der Waals surface area contributed by atoms with Crippen LogP contribution in [0.3, 0.4) is 0 Å². The van der Waals surface area contributed by atoms with Gasteiger partial charge in [-0.05, 0) is 38.5 Å². The predicted molar refractivity (Wildman–Crippen MR) is 80.0 cm³/mol. The number of amides is 1. The zero-order valence-electron chi connectivity index (χ0n) is 13.0. The molecule has 0 fully saturated rings. The van der Waals surface area contributed by atoms with Crippen molar-refractivity contribution < 1.29 is 29.8 Å². The molecule has 0 aliphatic rings. The van der Waals surface area contributed by atoms with E-state index in [0.29, 0.717) is 0 Å². The lowest BCUT2D eigenvalue weighted by Crippen LogP contribution is -2.38. The van der Waals surface area contributed by atoms with Crippen LogP contribution in [-0.2, 0) is 4.74 Å². The highest BCUT2D eigenvalue weighted by Crippen LogP contribution is 2.29. The fraction of sp³-hybridized carbons (Fsp3) is 0.500. The minimum absolute atomic E-state index is 0.0755. The van der Waals surface area contributed by atoms with Gasteiger partial charge in [-0.3, -0.25) is 10.1 Å². The molecular formula is C14H20N2O7. The monoisotopic (exact) mass is 328 g/mol. The van der Waals surface area contributed by atoms with Gasteiger partial charge in [0.15, 0.2) is 5.75 Å². The molecule has 0 aliphatic heterocycles. The molecular weight excluding hydrogens is 308 g/mol. The highest BCUT2D eigenvalue weighted by atomic mass is 16.6. The Morgan fingerprint density at radius 1 is 1.39 bits per heavy atom. The van der Waals surface area contributed by atoms with E-state index in [2.05, 4.69) is 5.32 Å². The zero-order valence-corrected chi connectivity index (χ0v) is 13.0. The first-order valence-electron chi connectivity index (χ1n) is 6.81. The van der Waals surface area contributed by atoms with Crippen molar-refractivity contribution in [3.63, 3.8) is 0 Å². The van der Waals surface area contributed by atoms with Crippen LogP contribution in [0.15, 0.2) is 18.2 Å². The minimum Gasteiger partial charge on any atom is -0.502 e. The third-order valence-corrected chi connectivity index (χ3v) is 2.76. The van der Waals surface area contributed by atoms with E-state index >= 15 is 0 Å². The van der Waals surface area contributed by atoms with Crippen molar-refractivity contribution in [2.75, 3.05) is 6.54 Å². The maximum atomic E-state index is 11.5. The van der Waals surface area contributed by atoms with Gasteiger partial charge in [0.05, 0.1) is 4.92 Å². The number of phenolic OH excluding ortho intramolecular Hbond substituents is 1. The molecule has 2 atom stereocenters. The molecule has 1 rings (SSSR count). The lowest BCUT2D eigenvalue weighted by molar-refractivity contribution is -0.385. The number of carbonyl (C=O) groups is 1. The van der Waals surface area contributed by atoms with Crippen LogP contribution in [-0.4, -0.2) is 44.6 Å². The summed E-state index contributed by atoms with van der Waals surface area (Å²) < 4.78 is 4.98. The number of nitrogens with one attached hydrogen (secondary N) is 1. The van der Waals surface area contributed by atoms with E-state index in [1.165, 1.54) is 6.07 Å². The van der Waals surface area contributed by atoms with E-state index in [1.54, 1.807) is 20.8 Å². The van der Waals surface area contributed by atoms with Crippen LogP contribution >= 0.6 is 0 Å². The highest BCUT2D eigenvalue weighted by molar-refractivity contribution is 5.67. The standard InChI is InChI=1S/C14H20N2O7/c1-14(2,3)23-13(20)15-7-11(18)12(19)8-4-5-9(16(21)22)10(17)6-8/h4-6,11-12,17-19H,7H2,1-3H3,(H,15,20). The first-order valence-corrected chi connectivity index (χ1v) is 6.81. The van der Waals surface area contributed by atoms with Gasteiger partial charge in [0.1, 0.15) is 17.8 Å². The lowest BCUT2D eigenvalue weighted by atomic mass is 10.0. The summed E-state index contributed by atoms with van der Waals surface area (Å²) in [5.74, 6) is -0.626. The molecule has 128 valence electrons. The Morgan fingerprint density at radius 3 is 2.48 bits per heavy atom. The quantitative estimate of drug-likeness (QED) is 0.470. The number of nitrogens with zero attached hydrogens (tertiary/aromatic N) is 1. The van der Waals surface area contributed by atoms with Crippen molar-refractivity contribution in [2.24, 2.45) is 0 Å². The van der Waals surface area contributed by atoms with Gasteiger partial charge in [-0.1, -0.05) is 0 Å². The number of ether oxygens (including phenoxy) is 1. The number of carbonyl (C=O) groups excluding carboxylic acids is 1. The predicted octanol–water partition coefficient (Wildman–Crippen LogP) is 1.22. The Kier molecular flexibility index (Phi) is 5.88. The van der Waals surface area contributed by atoms with E-state index in [9.17, 15) is 30.2 Å². The number of alkyl carbamates (subject to hydrolysis) is 1. The van der Waals surface area contributed by atoms with E-state index in [4.69, 9.17) is 4.74 Å². The molecule has 0 aromatic heterocycles. The van der Waals surface area contributed by atoms with Crippen molar-refractivity contribution in [3.8, 4) is 5.75 Å². The number of nitro benzene ring substituents is 1. The van der Waals surface area contributed by atoms with Crippen molar-refractivity contribution >= 4 is 11.8 Å². The molecule has 0 aliphatic carbocycles. The number of hydrogen-bond donors (Lipinski definition) is 4. The Bertz CT molecular complexity index is 583. The molecule has 1 aromatic carbocycles. The normalized spacial score (nSPS) is 14.0. The van der Waals surface area contributed by atoms with Crippen LogP contribution in [0.25, 0.3) is 0 Å². The van der Waals surface area contributed by atoms with Gasteiger partial charge in [-0.15, -0.1) is 0 Å². The van der Waals surface area contributed by atoms with Crippen LogP contribution in [0.4, 0.5) is 10.5 Å². The summed E-state index contributed by atoms with van der Waals surface area (Å²) in [7, 11) is 0. The van der Waals surface area contributed by atoms with Gasteiger partial charge < -0.3 is 25.4 Å². The Labute approximate surface area is 132 Å². The molecule has 0 bridgehead atoms. The molecule has 2 unspecified atom stereocenters. The van der Waals surface area contributed by atoms with Crippen molar-refractivity contribution in [3.05, 3.63) is 33.9 Å². The van der Waals surface area contributed by atoms with E-state index in [0.717, 1.165) is 12.1 Å². The van der Waals surface area contributed by atoms with Crippen LogP contribution in [0.1, 0.15) is 32.4 Å². The molecule has 0 heterocycles. The molecule has 0 saturated heterocycles.